The van der Waals surface area contributed by atoms with Gasteiger partial charge >= 0.3 is 6.09 Å². The van der Waals surface area contributed by atoms with Crippen molar-refractivity contribution in [2.75, 3.05) is 24.7 Å². The van der Waals surface area contributed by atoms with Crippen molar-refractivity contribution >= 4 is 41.3 Å². The second kappa shape index (κ2) is 12.9. The van der Waals surface area contributed by atoms with E-state index in [4.69, 9.17) is 21.1 Å². The lowest BCUT2D eigenvalue weighted by Crippen LogP contribution is -3.00. The van der Waals surface area contributed by atoms with Crippen LogP contribution in [0.2, 0.25) is 5.02 Å². The SMILES string of the molecule is C[N+]1(C)[C@@H]2C[C@@H](OC(=O)Nc3cc(CCCC(=O)Nc4ccc(C=O)cc4Cl)ccc3-c3ccccc3)C[C@H]1[C@@H]1O[C@@H]12.[I-]. The van der Waals surface area contributed by atoms with Crippen LogP contribution < -0.4 is 34.6 Å². The zero-order chi connectivity index (χ0) is 29.4. The van der Waals surface area contributed by atoms with Crippen LogP contribution >= 0.6 is 11.6 Å². The van der Waals surface area contributed by atoms with Gasteiger partial charge in [-0.2, -0.15) is 0 Å². The number of hydrogen-bond donors (Lipinski definition) is 2. The maximum atomic E-state index is 13.2. The van der Waals surface area contributed by atoms with E-state index in [2.05, 4.69) is 24.7 Å². The van der Waals surface area contributed by atoms with Crippen LogP contribution in [-0.2, 0) is 20.7 Å². The molecule has 0 saturated carbocycles. The first kappa shape index (κ1) is 31.4. The maximum Gasteiger partial charge on any atom is 0.411 e. The van der Waals surface area contributed by atoms with Gasteiger partial charge in [-0.25, -0.2) is 4.79 Å². The zero-order valence-electron chi connectivity index (χ0n) is 24.1. The zero-order valence-corrected chi connectivity index (χ0v) is 27.0. The largest absolute Gasteiger partial charge is 1.00 e. The predicted octanol–water partition coefficient (Wildman–Crippen LogP) is 3.09. The van der Waals surface area contributed by atoms with Crippen LogP contribution in [-0.4, -0.2) is 67.3 Å². The lowest BCUT2D eigenvalue weighted by Gasteiger charge is -2.45. The Bertz CT molecular complexity index is 1500. The van der Waals surface area contributed by atoms with E-state index in [-0.39, 0.29) is 36.0 Å². The van der Waals surface area contributed by atoms with Gasteiger partial charge in [-0.15, -0.1) is 0 Å². The van der Waals surface area contributed by atoms with E-state index in [1.54, 1.807) is 12.1 Å². The summed E-state index contributed by atoms with van der Waals surface area (Å²) in [6.45, 7) is 0. The van der Waals surface area contributed by atoms with Crippen molar-refractivity contribution in [3.05, 3.63) is 82.9 Å². The highest BCUT2D eigenvalue weighted by molar-refractivity contribution is 6.34. The summed E-state index contributed by atoms with van der Waals surface area (Å²) >= 11 is 6.18. The number of nitrogens with zero attached hydrogens (tertiary/aromatic N) is 1. The number of hydrogen-bond acceptors (Lipinski definition) is 5. The first-order valence-corrected chi connectivity index (χ1v) is 14.8. The first-order valence-electron chi connectivity index (χ1n) is 14.4. The van der Waals surface area contributed by atoms with E-state index in [9.17, 15) is 14.4 Å². The van der Waals surface area contributed by atoms with Gasteiger partial charge in [-0.05, 0) is 48.2 Å². The molecular weight excluding hydrogens is 681 g/mol. The van der Waals surface area contributed by atoms with Gasteiger partial charge in [0.2, 0.25) is 5.91 Å². The monoisotopic (exact) mass is 715 g/mol. The average molecular weight is 716 g/mol. The molecule has 0 radical (unpaired) electrons. The van der Waals surface area contributed by atoms with E-state index < -0.39 is 6.09 Å². The minimum absolute atomic E-state index is 0. The highest BCUT2D eigenvalue weighted by atomic mass is 127. The number of quaternary nitrogens is 1. The number of carbonyl (C=O) groups excluding carboxylic acids is 3. The third-order valence-electron chi connectivity index (χ3n) is 8.99. The molecule has 0 aromatic heterocycles. The molecule has 3 aliphatic rings. The Morgan fingerprint density at radius 1 is 0.977 bits per heavy atom. The lowest BCUT2D eigenvalue weighted by molar-refractivity contribution is -0.938. The Labute approximate surface area is 273 Å². The number of morpholine rings is 1. The van der Waals surface area contributed by atoms with Gasteiger partial charge in [0.05, 0.1) is 30.5 Å². The molecule has 3 saturated heterocycles. The van der Waals surface area contributed by atoms with Crippen LogP contribution in [0.1, 0.15) is 41.6 Å². The number of aldehydes is 1. The number of amides is 2. The molecule has 226 valence electrons. The van der Waals surface area contributed by atoms with Crippen molar-refractivity contribution < 1.29 is 52.3 Å². The summed E-state index contributed by atoms with van der Waals surface area (Å²) in [7, 11) is 4.51. The molecule has 6 rings (SSSR count). The molecule has 3 fully saturated rings. The van der Waals surface area contributed by atoms with Crippen molar-refractivity contribution in [2.24, 2.45) is 0 Å². The van der Waals surface area contributed by atoms with Crippen LogP contribution in [0, 0.1) is 0 Å². The molecule has 8 nitrogen and oxygen atoms in total. The number of carbonyl (C=O) groups is 3. The third-order valence-corrected chi connectivity index (χ3v) is 9.30. The Morgan fingerprint density at radius 2 is 1.70 bits per heavy atom. The summed E-state index contributed by atoms with van der Waals surface area (Å²) in [4.78, 5) is 36.6. The molecule has 3 aliphatic heterocycles. The van der Waals surface area contributed by atoms with Crippen LogP contribution in [0.5, 0.6) is 0 Å². The van der Waals surface area contributed by atoms with E-state index in [1.807, 2.05) is 48.5 Å². The van der Waals surface area contributed by atoms with Gasteiger partial charge in [-0.3, -0.25) is 14.9 Å². The summed E-state index contributed by atoms with van der Waals surface area (Å²) in [5.74, 6) is -0.162. The lowest BCUT2D eigenvalue weighted by atomic mass is 9.96. The fraction of sp³-hybridized carbons (Fsp3) is 0.364. The highest BCUT2D eigenvalue weighted by Gasteiger charge is 2.70. The van der Waals surface area contributed by atoms with E-state index in [0.717, 1.165) is 34.0 Å². The molecule has 10 heteroatoms. The maximum absolute atomic E-state index is 13.2. The molecular formula is C33H35ClIN3O5. The summed E-state index contributed by atoms with van der Waals surface area (Å²) in [5.41, 5.74) is 4.49. The third kappa shape index (κ3) is 6.74. The van der Waals surface area contributed by atoms with Gasteiger partial charge in [0, 0.05) is 30.4 Å². The number of ether oxygens (including phenoxy) is 2. The second-order valence-corrected chi connectivity index (χ2v) is 12.4. The number of epoxide rings is 1. The number of piperidine rings is 1. The number of fused-ring (bicyclic) bond motifs is 5. The summed E-state index contributed by atoms with van der Waals surface area (Å²) in [6.07, 6.45) is 3.87. The van der Waals surface area contributed by atoms with Crippen LogP contribution in [0.25, 0.3) is 11.1 Å². The predicted molar refractivity (Wildman–Crippen MR) is 162 cm³/mol. The van der Waals surface area contributed by atoms with Crippen LogP contribution in [0.4, 0.5) is 16.2 Å². The molecule has 0 aliphatic carbocycles. The number of rotatable bonds is 9. The molecule has 0 spiro atoms. The normalized spacial score (nSPS) is 24.2. The number of halogens is 2. The van der Waals surface area contributed by atoms with Gasteiger partial charge in [0.1, 0.15) is 36.7 Å². The van der Waals surface area contributed by atoms with Gasteiger partial charge in [0.15, 0.2) is 0 Å². The summed E-state index contributed by atoms with van der Waals surface area (Å²) in [5, 5.41) is 6.15. The van der Waals surface area contributed by atoms with E-state index in [1.165, 1.54) is 6.07 Å². The van der Waals surface area contributed by atoms with Crippen LogP contribution in [0.15, 0.2) is 66.7 Å². The number of likely N-dealkylation sites (N-methyl/N-ethyl adjacent to an activating group) is 1. The minimum Gasteiger partial charge on any atom is -1.00 e. The van der Waals surface area contributed by atoms with Crippen molar-refractivity contribution in [1.82, 2.24) is 0 Å². The molecule has 0 unspecified atom stereocenters. The number of anilines is 2. The fourth-order valence-corrected chi connectivity index (χ4v) is 6.92. The molecule has 43 heavy (non-hydrogen) atoms. The van der Waals surface area contributed by atoms with Crippen molar-refractivity contribution in [2.45, 2.75) is 62.5 Å². The number of nitrogens with one attached hydrogen (secondary N) is 2. The molecule has 3 aromatic carbocycles. The Balaban J connectivity index is 0.00000368. The van der Waals surface area contributed by atoms with E-state index in [0.29, 0.717) is 71.8 Å². The minimum atomic E-state index is -0.451. The molecule has 3 heterocycles. The number of aryl methyl sites for hydroxylation is 1. The van der Waals surface area contributed by atoms with Crippen molar-refractivity contribution in [1.29, 1.82) is 0 Å². The summed E-state index contributed by atoms with van der Waals surface area (Å²) in [6, 6.07) is 21.4. The second-order valence-electron chi connectivity index (χ2n) is 12.0. The van der Waals surface area contributed by atoms with Crippen molar-refractivity contribution in [3.63, 3.8) is 0 Å². The highest BCUT2D eigenvalue weighted by Crippen LogP contribution is 2.51. The molecule has 3 aromatic rings. The fourth-order valence-electron chi connectivity index (χ4n) is 6.68. The van der Waals surface area contributed by atoms with Gasteiger partial charge in [-0.1, -0.05) is 54.1 Å². The standard InChI is InChI=1S/C33H34ClN3O5.HI/c1-37(2)28-17-23(18-29(37)32-31(28)42-32)41-33(40)36-27-16-20(11-13-24(27)22-8-4-3-5-9-22)7-6-10-30(39)35-26-14-12-21(19-38)15-25(26)34;/h3-5,8-9,11-16,19,23,28-29,31-32H,6-7,10,17-18H2,1-2H3,(H-,35,36,38,39,40);1H/t23-,28-,29+,31-,32+;. The van der Waals surface area contributed by atoms with Gasteiger partial charge in [0.25, 0.3) is 0 Å². The van der Waals surface area contributed by atoms with E-state index >= 15 is 0 Å². The number of benzene rings is 3. The Kier molecular flexibility index (Phi) is 9.46. The first-order chi connectivity index (χ1) is 20.2. The topological polar surface area (TPSA) is 97.0 Å². The molecule has 2 amide bonds. The molecule has 2 N–H and O–H groups in total. The Morgan fingerprint density at radius 3 is 2.37 bits per heavy atom. The Hall–Kier alpha value is -2.99. The average Bonchev–Trinajstić information content (AvgIpc) is 3.73. The molecule has 5 atom stereocenters. The summed E-state index contributed by atoms with van der Waals surface area (Å²) < 4.78 is 12.8. The van der Waals surface area contributed by atoms with Crippen molar-refractivity contribution in [3.8, 4) is 11.1 Å². The quantitative estimate of drug-likeness (QED) is 0.154. The van der Waals surface area contributed by atoms with Gasteiger partial charge < -0.3 is 43.3 Å². The van der Waals surface area contributed by atoms with Crippen LogP contribution in [0.3, 0.4) is 0 Å². The molecule has 2 bridgehead atoms. The smallest absolute Gasteiger partial charge is 0.411 e.